The van der Waals surface area contributed by atoms with Gasteiger partial charge in [-0.3, -0.25) is 4.90 Å². The molecule has 0 atom stereocenters. The van der Waals surface area contributed by atoms with Crippen LogP contribution in [0.4, 0.5) is 0 Å². The largest absolute Gasteiger partial charge is 0.472 e. The number of halogens is 1. The molecule has 0 saturated heterocycles. The summed E-state index contributed by atoms with van der Waals surface area (Å²) in [5.74, 6) is 0. The summed E-state index contributed by atoms with van der Waals surface area (Å²) < 4.78 is 6.24. The van der Waals surface area contributed by atoms with E-state index in [9.17, 15) is 0 Å². The summed E-state index contributed by atoms with van der Waals surface area (Å²) in [6.45, 7) is 1.88. The molecule has 0 N–H and O–H groups in total. The van der Waals surface area contributed by atoms with Crippen LogP contribution in [0.3, 0.4) is 0 Å². The fourth-order valence-electron chi connectivity index (χ4n) is 1.43. The Balaban J connectivity index is 1.93. The molecule has 2 heterocycles. The zero-order chi connectivity index (χ0) is 10.7. The summed E-state index contributed by atoms with van der Waals surface area (Å²) in [5.41, 5.74) is 1.21. The Kier molecular flexibility index (Phi) is 3.61. The molecular formula is C11H12BrNOS. The molecular weight excluding hydrogens is 274 g/mol. The molecule has 2 rings (SSSR count). The van der Waals surface area contributed by atoms with Crippen LogP contribution in [0, 0.1) is 0 Å². The van der Waals surface area contributed by atoms with Gasteiger partial charge in [-0.25, -0.2) is 0 Å². The van der Waals surface area contributed by atoms with Crippen molar-refractivity contribution in [2.24, 2.45) is 0 Å². The molecule has 0 aliphatic rings. The third-order valence-electron chi connectivity index (χ3n) is 2.14. The maximum atomic E-state index is 5.04. The van der Waals surface area contributed by atoms with Gasteiger partial charge in [-0.05, 0) is 40.5 Å². The molecule has 15 heavy (non-hydrogen) atoms. The molecule has 2 nitrogen and oxygen atoms in total. The molecule has 0 fully saturated rings. The van der Waals surface area contributed by atoms with Gasteiger partial charge >= 0.3 is 0 Å². The van der Waals surface area contributed by atoms with E-state index in [0.29, 0.717) is 0 Å². The van der Waals surface area contributed by atoms with E-state index in [4.69, 9.17) is 4.42 Å². The van der Waals surface area contributed by atoms with Crippen LogP contribution < -0.4 is 0 Å². The normalized spacial score (nSPS) is 11.1. The predicted molar refractivity (Wildman–Crippen MR) is 65.9 cm³/mol. The fourth-order valence-corrected chi connectivity index (χ4v) is 2.99. The average Bonchev–Trinajstić information content (AvgIpc) is 2.79. The van der Waals surface area contributed by atoms with Gasteiger partial charge in [0.2, 0.25) is 0 Å². The zero-order valence-electron chi connectivity index (χ0n) is 8.44. The van der Waals surface area contributed by atoms with Gasteiger partial charge in [0.05, 0.1) is 12.5 Å². The van der Waals surface area contributed by atoms with E-state index in [-0.39, 0.29) is 0 Å². The van der Waals surface area contributed by atoms with Crippen molar-refractivity contribution in [1.29, 1.82) is 0 Å². The number of thiophene rings is 1. The van der Waals surface area contributed by atoms with Crippen LogP contribution in [0.25, 0.3) is 0 Å². The van der Waals surface area contributed by atoms with Crippen LogP contribution in [0.2, 0.25) is 0 Å². The molecule has 80 valence electrons. The van der Waals surface area contributed by atoms with Crippen LogP contribution in [-0.2, 0) is 13.1 Å². The number of rotatable bonds is 4. The second-order valence-electron chi connectivity index (χ2n) is 3.50. The van der Waals surface area contributed by atoms with Crippen LogP contribution in [0.5, 0.6) is 0 Å². The van der Waals surface area contributed by atoms with Gasteiger partial charge in [-0.1, -0.05) is 0 Å². The van der Waals surface area contributed by atoms with Crippen molar-refractivity contribution in [3.05, 3.63) is 45.0 Å². The highest BCUT2D eigenvalue weighted by Crippen LogP contribution is 2.24. The third kappa shape index (κ3) is 2.93. The van der Waals surface area contributed by atoms with E-state index >= 15 is 0 Å². The van der Waals surface area contributed by atoms with E-state index in [1.54, 1.807) is 23.9 Å². The van der Waals surface area contributed by atoms with E-state index in [2.05, 4.69) is 39.3 Å². The molecule has 0 aliphatic heterocycles. The molecule has 0 saturated carbocycles. The molecule has 0 amide bonds. The molecule has 0 aromatic carbocycles. The maximum Gasteiger partial charge on any atom is 0.0947 e. The van der Waals surface area contributed by atoms with Crippen LogP contribution >= 0.6 is 27.3 Å². The summed E-state index contributed by atoms with van der Waals surface area (Å²) in [7, 11) is 2.11. The van der Waals surface area contributed by atoms with Gasteiger partial charge in [-0.2, -0.15) is 0 Å². The van der Waals surface area contributed by atoms with Crippen molar-refractivity contribution < 1.29 is 4.42 Å². The second-order valence-corrected chi connectivity index (χ2v) is 5.35. The van der Waals surface area contributed by atoms with Gasteiger partial charge in [0.15, 0.2) is 0 Å². The Morgan fingerprint density at radius 3 is 2.87 bits per heavy atom. The summed E-state index contributed by atoms with van der Waals surface area (Å²) in [4.78, 5) is 3.63. The molecule has 0 aliphatic carbocycles. The van der Waals surface area contributed by atoms with Crippen molar-refractivity contribution in [3.63, 3.8) is 0 Å². The summed E-state index contributed by atoms with van der Waals surface area (Å²) in [6.07, 6.45) is 3.50. The van der Waals surface area contributed by atoms with Gasteiger partial charge in [-0.15, -0.1) is 11.3 Å². The van der Waals surface area contributed by atoms with Gasteiger partial charge in [0, 0.05) is 28.0 Å². The van der Waals surface area contributed by atoms with Gasteiger partial charge in [0.25, 0.3) is 0 Å². The Morgan fingerprint density at radius 2 is 2.27 bits per heavy atom. The van der Waals surface area contributed by atoms with E-state index in [0.717, 1.165) is 13.1 Å². The van der Waals surface area contributed by atoms with E-state index < -0.39 is 0 Å². The lowest BCUT2D eigenvalue weighted by atomic mass is 10.3. The highest BCUT2D eigenvalue weighted by atomic mass is 79.9. The maximum absolute atomic E-state index is 5.04. The number of furan rings is 1. The first-order valence-electron chi connectivity index (χ1n) is 4.67. The predicted octanol–water partition coefficient (Wildman–Crippen LogP) is 3.74. The Hall–Kier alpha value is -0.580. The van der Waals surface area contributed by atoms with Crippen LogP contribution in [0.15, 0.2) is 38.9 Å². The van der Waals surface area contributed by atoms with E-state index in [1.165, 1.54) is 14.9 Å². The zero-order valence-corrected chi connectivity index (χ0v) is 10.8. The Bertz CT molecular complexity index is 410. The number of hydrogen-bond donors (Lipinski definition) is 0. The first-order valence-corrected chi connectivity index (χ1v) is 6.34. The fraction of sp³-hybridized carbons (Fsp3) is 0.273. The summed E-state index contributed by atoms with van der Waals surface area (Å²) in [5, 5.41) is 2.10. The topological polar surface area (TPSA) is 16.4 Å². The standard InChI is InChI=1S/C11H12BrNOS/c1-13(6-9-2-4-14-8-9)7-11-10(12)3-5-15-11/h2-5,8H,6-7H2,1H3. The molecule has 0 radical (unpaired) electrons. The quantitative estimate of drug-likeness (QED) is 0.851. The van der Waals surface area contributed by atoms with Crippen molar-refractivity contribution >= 4 is 27.3 Å². The van der Waals surface area contributed by atoms with Gasteiger partial charge < -0.3 is 4.42 Å². The SMILES string of the molecule is CN(Cc1ccoc1)Cc1sccc1Br. The third-order valence-corrected chi connectivity index (χ3v) is 4.05. The van der Waals surface area contributed by atoms with Gasteiger partial charge in [0.1, 0.15) is 0 Å². The Labute approximate surface area is 102 Å². The smallest absolute Gasteiger partial charge is 0.0947 e. The second kappa shape index (κ2) is 4.96. The van der Waals surface area contributed by atoms with Crippen LogP contribution in [-0.4, -0.2) is 11.9 Å². The van der Waals surface area contributed by atoms with Crippen molar-refractivity contribution in [2.75, 3.05) is 7.05 Å². The highest BCUT2D eigenvalue weighted by molar-refractivity contribution is 9.10. The summed E-state index contributed by atoms with van der Waals surface area (Å²) >= 11 is 5.32. The van der Waals surface area contributed by atoms with E-state index in [1.807, 2.05) is 6.07 Å². The lowest BCUT2D eigenvalue weighted by Crippen LogP contribution is -2.16. The first kappa shape index (κ1) is 10.9. The lowest BCUT2D eigenvalue weighted by molar-refractivity contribution is 0.320. The van der Waals surface area contributed by atoms with Crippen molar-refractivity contribution in [2.45, 2.75) is 13.1 Å². The molecule has 0 bridgehead atoms. The molecule has 2 aromatic heterocycles. The van der Waals surface area contributed by atoms with Crippen molar-refractivity contribution in [1.82, 2.24) is 4.90 Å². The molecule has 2 aromatic rings. The number of hydrogen-bond acceptors (Lipinski definition) is 3. The monoisotopic (exact) mass is 285 g/mol. The van der Waals surface area contributed by atoms with Crippen molar-refractivity contribution in [3.8, 4) is 0 Å². The summed E-state index contributed by atoms with van der Waals surface area (Å²) in [6, 6.07) is 4.09. The molecule has 4 heteroatoms. The minimum Gasteiger partial charge on any atom is -0.472 e. The first-order chi connectivity index (χ1) is 7.25. The highest BCUT2D eigenvalue weighted by Gasteiger charge is 2.06. The minimum atomic E-state index is 0.918. The number of nitrogens with zero attached hydrogens (tertiary/aromatic N) is 1. The minimum absolute atomic E-state index is 0.918. The van der Waals surface area contributed by atoms with Crippen LogP contribution in [0.1, 0.15) is 10.4 Å². The average molecular weight is 286 g/mol. The molecule has 0 spiro atoms. The lowest BCUT2D eigenvalue weighted by Gasteiger charge is -2.14. The Morgan fingerprint density at radius 1 is 1.40 bits per heavy atom. The molecule has 0 unspecified atom stereocenters.